The predicted octanol–water partition coefficient (Wildman–Crippen LogP) is 3.79. The van der Waals surface area contributed by atoms with Crippen LogP contribution in [0, 0.1) is 0 Å². The molecule has 0 aliphatic carbocycles. The van der Waals surface area contributed by atoms with E-state index in [2.05, 4.69) is 4.18 Å². The zero-order valence-electron chi connectivity index (χ0n) is 10.9. The van der Waals surface area contributed by atoms with E-state index < -0.39 is 40.1 Å². The quantitative estimate of drug-likeness (QED) is 0.751. The average Bonchev–Trinajstić information content (AvgIpc) is 2.36. The summed E-state index contributed by atoms with van der Waals surface area (Å²) in [4.78, 5) is 0. The van der Waals surface area contributed by atoms with Crippen molar-refractivity contribution in [3.8, 4) is 0 Å². The number of rotatable bonds is 6. The van der Waals surface area contributed by atoms with Crippen LogP contribution in [0.1, 0.15) is 0 Å². The lowest BCUT2D eigenvalue weighted by Crippen LogP contribution is -2.62. The Labute approximate surface area is 128 Å². The summed E-state index contributed by atoms with van der Waals surface area (Å²) >= 11 is 0. The van der Waals surface area contributed by atoms with Crippen LogP contribution in [-0.2, 0) is 14.5 Å². The van der Waals surface area contributed by atoms with Crippen LogP contribution in [0.4, 0.5) is 45.2 Å². The van der Waals surface area contributed by atoms with Gasteiger partial charge in [-0.25, -0.2) is 0 Å². The maximum atomic E-state index is 13.1. The lowest BCUT2D eigenvalue weighted by molar-refractivity contribution is -0.428. The van der Waals surface area contributed by atoms with Gasteiger partial charge < -0.3 is 0 Å². The number of halogens is 9. The average molecular weight is 391 g/mol. The van der Waals surface area contributed by atoms with E-state index in [1.807, 2.05) is 0 Å². The molecule has 0 bridgehead atoms. The van der Waals surface area contributed by atoms with Gasteiger partial charge in [0, 0.05) is 0 Å². The molecule has 138 valence electrons. The van der Waals surface area contributed by atoms with Crippen LogP contribution in [0.2, 0.25) is 0 Å². The minimum Gasteiger partial charge on any atom is -0.261 e. The van der Waals surface area contributed by atoms with Gasteiger partial charge in [-0.15, -0.1) is 0 Å². The molecular formula is C10H6F9NO3S. The van der Waals surface area contributed by atoms with E-state index in [0.717, 1.165) is 16.9 Å². The summed E-state index contributed by atoms with van der Waals surface area (Å²) < 4.78 is 139. The summed E-state index contributed by atoms with van der Waals surface area (Å²) in [6.45, 7) is 0. The van der Waals surface area contributed by atoms with Gasteiger partial charge in [0.05, 0.1) is 5.69 Å². The second-order valence-electron chi connectivity index (χ2n) is 4.17. The molecule has 0 aliphatic heterocycles. The molecule has 0 fully saturated rings. The highest BCUT2D eigenvalue weighted by atomic mass is 32.2. The summed E-state index contributed by atoms with van der Waals surface area (Å²) in [5, 5.41) is 0. The molecule has 14 heteroatoms. The van der Waals surface area contributed by atoms with Crippen molar-refractivity contribution < 1.29 is 52.1 Å². The first kappa shape index (κ1) is 20.3. The molecule has 1 N–H and O–H groups in total. The normalized spacial score (nSPS) is 14.5. The Morgan fingerprint density at radius 3 is 1.67 bits per heavy atom. The number of para-hydroxylation sites is 1. The first-order valence-electron chi connectivity index (χ1n) is 5.52. The van der Waals surface area contributed by atoms with Crippen LogP contribution in [0.15, 0.2) is 30.3 Å². The molecule has 1 rings (SSSR count). The fourth-order valence-corrected chi connectivity index (χ4v) is 2.07. The SMILES string of the molecule is O=S(=O)(Nc1ccccc1)OC(F)(F)C(F)(F)C(F)(F)C(F)(F)F. The van der Waals surface area contributed by atoms with Crippen molar-refractivity contribution in [2.45, 2.75) is 24.1 Å². The predicted molar refractivity (Wildman–Crippen MR) is 61.0 cm³/mol. The molecule has 1 aromatic rings. The van der Waals surface area contributed by atoms with Gasteiger partial charge in [0.15, 0.2) is 0 Å². The van der Waals surface area contributed by atoms with E-state index in [1.165, 1.54) is 18.2 Å². The van der Waals surface area contributed by atoms with Crippen LogP contribution in [-0.4, -0.2) is 32.5 Å². The maximum absolute atomic E-state index is 13.1. The summed E-state index contributed by atoms with van der Waals surface area (Å²) in [5.41, 5.74) is -0.501. The summed E-state index contributed by atoms with van der Waals surface area (Å²) in [6, 6.07) is 5.54. The van der Waals surface area contributed by atoms with Crippen molar-refractivity contribution in [1.82, 2.24) is 0 Å². The molecule has 0 amide bonds. The molecule has 0 aliphatic rings. The summed E-state index contributed by atoms with van der Waals surface area (Å²) in [6.07, 6.45) is -13.8. The van der Waals surface area contributed by atoms with Gasteiger partial charge in [0.2, 0.25) is 0 Å². The molecule has 0 atom stereocenters. The van der Waals surface area contributed by atoms with E-state index in [1.54, 1.807) is 0 Å². The van der Waals surface area contributed by atoms with Crippen LogP contribution in [0.25, 0.3) is 0 Å². The highest BCUT2D eigenvalue weighted by Gasteiger charge is 2.83. The third kappa shape index (κ3) is 3.85. The number of hydrogen-bond acceptors (Lipinski definition) is 3. The maximum Gasteiger partial charge on any atom is 0.460 e. The lowest BCUT2D eigenvalue weighted by Gasteiger charge is -2.32. The number of nitrogens with one attached hydrogen (secondary N) is 1. The monoisotopic (exact) mass is 391 g/mol. The van der Waals surface area contributed by atoms with Crippen LogP contribution in [0.5, 0.6) is 0 Å². The second kappa shape index (κ2) is 5.98. The van der Waals surface area contributed by atoms with Crippen molar-refractivity contribution in [3.63, 3.8) is 0 Å². The zero-order chi connectivity index (χ0) is 19.0. The largest absolute Gasteiger partial charge is 0.460 e. The second-order valence-corrected chi connectivity index (χ2v) is 5.45. The molecule has 24 heavy (non-hydrogen) atoms. The summed E-state index contributed by atoms with van der Waals surface area (Å²) in [5.74, 6) is -14.5. The standard InChI is InChI=1S/C10H6F9NO3S/c11-7(12,9(15,16)17)8(13,14)10(18,19)23-24(21,22)20-6-4-2-1-3-5-6/h1-5,20H. The third-order valence-corrected chi connectivity index (χ3v) is 3.26. The molecule has 1 aromatic carbocycles. The zero-order valence-corrected chi connectivity index (χ0v) is 11.7. The van der Waals surface area contributed by atoms with Gasteiger partial charge in [0.1, 0.15) is 0 Å². The van der Waals surface area contributed by atoms with Crippen LogP contribution < -0.4 is 4.72 Å². The van der Waals surface area contributed by atoms with Gasteiger partial charge in [-0.3, -0.25) is 4.72 Å². The Morgan fingerprint density at radius 2 is 1.25 bits per heavy atom. The van der Waals surface area contributed by atoms with Crippen LogP contribution >= 0.6 is 0 Å². The molecule has 0 heterocycles. The molecule has 4 nitrogen and oxygen atoms in total. The van der Waals surface area contributed by atoms with Crippen molar-refractivity contribution in [3.05, 3.63) is 30.3 Å². The van der Waals surface area contributed by atoms with Crippen molar-refractivity contribution in [2.24, 2.45) is 0 Å². The van der Waals surface area contributed by atoms with Crippen LogP contribution in [0.3, 0.4) is 0 Å². The van der Waals surface area contributed by atoms with E-state index in [-0.39, 0.29) is 0 Å². The number of alkyl halides is 9. The van der Waals surface area contributed by atoms with Gasteiger partial charge in [-0.2, -0.15) is 52.1 Å². The van der Waals surface area contributed by atoms with E-state index >= 15 is 0 Å². The third-order valence-electron chi connectivity index (χ3n) is 2.35. The molecule has 0 aromatic heterocycles. The minimum atomic E-state index is -7.26. The number of hydrogen-bond donors (Lipinski definition) is 1. The fourth-order valence-electron chi connectivity index (χ4n) is 1.22. The highest BCUT2D eigenvalue weighted by Crippen LogP contribution is 2.53. The first-order chi connectivity index (χ1) is 10.5. The van der Waals surface area contributed by atoms with Crippen molar-refractivity contribution in [2.75, 3.05) is 4.72 Å². The molecule has 0 saturated carbocycles. The smallest absolute Gasteiger partial charge is 0.261 e. The molecule has 0 unspecified atom stereocenters. The summed E-state index contributed by atoms with van der Waals surface area (Å²) in [7, 11) is -5.86. The van der Waals surface area contributed by atoms with Gasteiger partial charge >= 0.3 is 34.4 Å². The Morgan fingerprint density at radius 1 is 0.792 bits per heavy atom. The minimum absolute atomic E-state index is 0.501. The van der Waals surface area contributed by atoms with E-state index in [9.17, 15) is 47.9 Å². The highest BCUT2D eigenvalue weighted by molar-refractivity contribution is 7.88. The Balaban J connectivity index is 3.11. The first-order valence-corrected chi connectivity index (χ1v) is 6.93. The molecule has 0 radical (unpaired) electrons. The van der Waals surface area contributed by atoms with E-state index in [4.69, 9.17) is 0 Å². The van der Waals surface area contributed by atoms with Crippen molar-refractivity contribution in [1.29, 1.82) is 0 Å². The van der Waals surface area contributed by atoms with Crippen molar-refractivity contribution >= 4 is 16.0 Å². The molecular weight excluding hydrogens is 385 g/mol. The topological polar surface area (TPSA) is 55.4 Å². The number of anilines is 1. The Kier molecular flexibility index (Phi) is 5.07. The fraction of sp³-hybridized carbons (Fsp3) is 0.400. The van der Waals surface area contributed by atoms with Gasteiger partial charge in [0.25, 0.3) is 0 Å². The number of benzene rings is 1. The molecule has 0 spiro atoms. The lowest BCUT2D eigenvalue weighted by atomic mass is 10.1. The molecule has 0 saturated heterocycles. The Bertz CT molecular complexity index is 673. The van der Waals surface area contributed by atoms with Gasteiger partial charge in [-0.1, -0.05) is 18.2 Å². The van der Waals surface area contributed by atoms with E-state index in [0.29, 0.717) is 0 Å². The Hall–Kier alpha value is -1.70. The van der Waals surface area contributed by atoms with Gasteiger partial charge in [-0.05, 0) is 12.1 Å².